The number of aryl methyl sites for hydroxylation is 1. The van der Waals surface area contributed by atoms with Crippen LogP contribution in [-0.2, 0) is 11.2 Å². The molecule has 2 aromatic rings. The molecule has 4 rings (SSSR count). The van der Waals surface area contributed by atoms with Gasteiger partial charge in [-0.25, -0.2) is 0 Å². The number of H-pyrrole nitrogens is 1. The highest BCUT2D eigenvalue weighted by Crippen LogP contribution is 2.38. The summed E-state index contributed by atoms with van der Waals surface area (Å²) in [7, 11) is 0. The summed E-state index contributed by atoms with van der Waals surface area (Å²) >= 11 is 6.02. The number of nitrogens with one attached hydrogen (secondary N) is 1. The molecule has 1 aromatic heterocycles. The number of nitrogens with zero attached hydrogens (tertiary/aromatic N) is 2. The lowest BCUT2D eigenvalue weighted by Gasteiger charge is -2.35. The van der Waals surface area contributed by atoms with Gasteiger partial charge >= 0.3 is 0 Å². The van der Waals surface area contributed by atoms with Gasteiger partial charge in [-0.2, -0.15) is 5.10 Å². The zero-order chi connectivity index (χ0) is 19.5. The van der Waals surface area contributed by atoms with Crippen LogP contribution in [0, 0.1) is 11.8 Å². The molecule has 150 valence electrons. The van der Waals surface area contributed by atoms with Crippen molar-refractivity contribution in [2.24, 2.45) is 11.8 Å². The van der Waals surface area contributed by atoms with Gasteiger partial charge in [0.05, 0.1) is 12.3 Å². The van der Waals surface area contributed by atoms with Crippen LogP contribution in [0.25, 0.3) is 0 Å². The number of aliphatic hydroxyl groups excluding tert-OH is 1. The molecule has 7 heteroatoms. The number of carbonyl (C=O) groups is 1. The second kappa shape index (κ2) is 8.53. The third kappa shape index (κ3) is 4.50. The first-order valence-electron chi connectivity index (χ1n) is 9.94. The normalized spacial score (nSPS) is 26.9. The fraction of sp³-hybridized carbons (Fsp3) is 0.524. The van der Waals surface area contributed by atoms with Gasteiger partial charge in [0.2, 0.25) is 5.91 Å². The van der Waals surface area contributed by atoms with E-state index >= 15 is 0 Å². The molecule has 0 spiro atoms. The number of hydrogen-bond acceptors (Lipinski definition) is 4. The first kappa shape index (κ1) is 19.3. The van der Waals surface area contributed by atoms with Crippen molar-refractivity contribution in [2.75, 3.05) is 13.1 Å². The average molecular weight is 404 g/mol. The molecule has 0 unspecified atom stereocenters. The Kier molecular flexibility index (Phi) is 5.87. The zero-order valence-corrected chi connectivity index (χ0v) is 16.5. The van der Waals surface area contributed by atoms with Crippen LogP contribution < -0.4 is 4.74 Å². The Hall–Kier alpha value is -2.05. The Balaban J connectivity index is 1.29. The molecule has 2 fully saturated rings. The summed E-state index contributed by atoms with van der Waals surface area (Å²) < 4.78 is 6.01. The SMILES string of the molecule is O=C(CCCc1cn[nH]c1)N1C[C@H]2C[C@@H](Oc3cccc(Cl)c3)[C@H](O)C[C@H]2C1. The molecule has 1 saturated carbocycles. The Labute approximate surface area is 169 Å². The number of amides is 1. The lowest BCUT2D eigenvalue weighted by molar-refractivity contribution is -0.130. The number of rotatable bonds is 6. The number of hydrogen-bond donors (Lipinski definition) is 2. The molecule has 2 N–H and O–H groups in total. The molecule has 4 atom stereocenters. The third-order valence-corrected chi connectivity index (χ3v) is 6.17. The van der Waals surface area contributed by atoms with Crippen LogP contribution in [0.4, 0.5) is 0 Å². The van der Waals surface area contributed by atoms with Gasteiger partial charge in [-0.05, 0) is 61.3 Å². The van der Waals surface area contributed by atoms with Gasteiger partial charge < -0.3 is 14.7 Å². The molecular weight excluding hydrogens is 378 g/mol. The molecule has 2 heterocycles. The van der Waals surface area contributed by atoms with Gasteiger partial charge in [0.15, 0.2) is 0 Å². The molecule has 28 heavy (non-hydrogen) atoms. The first-order valence-corrected chi connectivity index (χ1v) is 10.3. The van der Waals surface area contributed by atoms with Crippen LogP contribution >= 0.6 is 11.6 Å². The van der Waals surface area contributed by atoms with Crippen LogP contribution in [0.1, 0.15) is 31.2 Å². The number of halogens is 1. The molecule has 1 saturated heterocycles. The van der Waals surface area contributed by atoms with Crippen molar-refractivity contribution >= 4 is 17.5 Å². The summed E-state index contributed by atoms with van der Waals surface area (Å²) in [4.78, 5) is 14.6. The fourth-order valence-electron chi connectivity index (χ4n) is 4.45. The molecule has 1 aromatic carbocycles. The van der Waals surface area contributed by atoms with Gasteiger partial charge in [-0.1, -0.05) is 17.7 Å². The van der Waals surface area contributed by atoms with Crippen molar-refractivity contribution < 1.29 is 14.6 Å². The fourth-order valence-corrected chi connectivity index (χ4v) is 4.63. The van der Waals surface area contributed by atoms with Crippen molar-refractivity contribution in [3.63, 3.8) is 0 Å². The van der Waals surface area contributed by atoms with Gasteiger partial charge in [0.25, 0.3) is 0 Å². The predicted molar refractivity (Wildman–Crippen MR) is 106 cm³/mol. The average Bonchev–Trinajstić information content (AvgIpc) is 3.31. The van der Waals surface area contributed by atoms with Crippen LogP contribution in [0.2, 0.25) is 5.02 Å². The number of aromatic nitrogens is 2. The Bertz CT molecular complexity index is 798. The van der Waals surface area contributed by atoms with E-state index in [9.17, 15) is 9.90 Å². The number of carbonyl (C=O) groups excluding carboxylic acids is 1. The minimum absolute atomic E-state index is 0.208. The quantitative estimate of drug-likeness (QED) is 0.777. The maximum absolute atomic E-state index is 12.6. The van der Waals surface area contributed by atoms with E-state index in [4.69, 9.17) is 16.3 Å². The number of aliphatic hydroxyl groups is 1. The van der Waals surface area contributed by atoms with Crippen molar-refractivity contribution in [2.45, 2.75) is 44.3 Å². The van der Waals surface area contributed by atoms with Crippen LogP contribution in [0.15, 0.2) is 36.7 Å². The number of likely N-dealkylation sites (tertiary alicyclic amines) is 1. The molecule has 6 nitrogen and oxygen atoms in total. The number of ether oxygens (including phenoxy) is 1. The maximum atomic E-state index is 12.6. The second-order valence-electron chi connectivity index (χ2n) is 7.93. The molecule has 0 bridgehead atoms. The summed E-state index contributed by atoms with van der Waals surface area (Å²) in [6.07, 6.45) is 6.57. The van der Waals surface area contributed by atoms with E-state index in [0.29, 0.717) is 35.4 Å². The minimum atomic E-state index is -0.517. The van der Waals surface area contributed by atoms with Gasteiger partial charge in [0.1, 0.15) is 11.9 Å². The van der Waals surface area contributed by atoms with Crippen LogP contribution in [0.3, 0.4) is 0 Å². The van der Waals surface area contributed by atoms with E-state index < -0.39 is 6.10 Å². The predicted octanol–water partition coefficient (Wildman–Crippen LogP) is 3.06. The molecule has 1 aliphatic heterocycles. The standard InChI is InChI=1S/C21H26ClN3O3/c22-17-4-2-5-18(9-17)28-20-8-16-13-25(12-15(16)7-19(20)26)21(27)6-1-3-14-10-23-24-11-14/h2,4-5,9-11,15-16,19-20,26H,1,3,6-8,12-13H2,(H,23,24)/t15-,16+,19+,20+/m0/s1. The monoisotopic (exact) mass is 403 g/mol. The Morgan fingerprint density at radius 3 is 2.89 bits per heavy atom. The smallest absolute Gasteiger partial charge is 0.222 e. The lowest BCUT2D eigenvalue weighted by Crippen LogP contribution is -2.42. The molecule has 2 aliphatic rings. The topological polar surface area (TPSA) is 78.5 Å². The van der Waals surface area contributed by atoms with Crippen LogP contribution in [-0.4, -0.2) is 51.4 Å². The number of benzene rings is 1. The van der Waals surface area contributed by atoms with E-state index in [1.165, 1.54) is 0 Å². The van der Waals surface area contributed by atoms with Crippen LogP contribution in [0.5, 0.6) is 5.75 Å². The maximum Gasteiger partial charge on any atom is 0.222 e. The highest BCUT2D eigenvalue weighted by Gasteiger charge is 2.43. The molecular formula is C21H26ClN3O3. The zero-order valence-electron chi connectivity index (χ0n) is 15.8. The first-order chi connectivity index (χ1) is 13.6. The Morgan fingerprint density at radius 1 is 1.32 bits per heavy atom. The van der Waals surface area contributed by atoms with Gasteiger partial charge in [0, 0.05) is 30.7 Å². The number of fused-ring (bicyclic) bond motifs is 1. The minimum Gasteiger partial charge on any atom is -0.488 e. The molecule has 1 aliphatic carbocycles. The van der Waals surface area contributed by atoms with Gasteiger partial charge in [-0.3, -0.25) is 9.89 Å². The highest BCUT2D eigenvalue weighted by molar-refractivity contribution is 6.30. The van der Waals surface area contributed by atoms with Crippen molar-refractivity contribution in [3.05, 3.63) is 47.2 Å². The number of aromatic amines is 1. The van der Waals surface area contributed by atoms with Crippen molar-refractivity contribution in [1.29, 1.82) is 0 Å². The van der Waals surface area contributed by atoms with E-state index in [-0.39, 0.29) is 12.0 Å². The lowest BCUT2D eigenvalue weighted by atomic mass is 9.78. The summed E-state index contributed by atoms with van der Waals surface area (Å²) in [6.45, 7) is 1.51. The highest BCUT2D eigenvalue weighted by atomic mass is 35.5. The summed E-state index contributed by atoms with van der Waals surface area (Å²) in [5.74, 6) is 1.62. The van der Waals surface area contributed by atoms with Crippen molar-refractivity contribution in [3.8, 4) is 5.75 Å². The second-order valence-corrected chi connectivity index (χ2v) is 8.37. The summed E-state index contributed by atoms with van der Waals surface area (Å²) in [5.41, 5.74) is 1.13. The van der Waals surface area contributed by atoms with Crippen molar-refractivity contribution in [1.82, 2.24) is 15.1 Å². The van der Waals surface area contributed by atoms with E-state index in [1.54, 1.807) is 18.3 Å². The Morgan fingerprint density at radius 2 is 2.14 bits per heavy atom. The third-order valence-electron chi connectivity index (χ3n) is 5.93. The van der Waals surface area contributed by atoms with E-state index in [1.807, 2.05) is 23.2 Å². The largest absolute Gasteiger partial charge is 0.488 e. The van der Waals surface area contributed by atoms with E-state index in [2.05, 4.69) is 10.2 Å². The molecule has 0 radical (unpaired) electrons. The summed E-state index contributed by atoms with van der Waals surface area (Å²) in [6, 6.07) is 7.27. The van der Waals surface area contributed by atoms with E-state index in [0.717, 1.165) is 37.9 Å². The molecule has 1 amide bonds. The van der Waals surface area contributed by atoms with Gasteiger partial charge in [-0.15, -0.1) is 0 Å². The summed E-state index contributed by atoms with van der Waals surface area (Å²) in [5, 5.41) is 17.9.